The topological polar surface area (TPSA) is 51.6 Å². The summed E-state index contributed by atoms with van der Waals surface area (Å²) in [4.78, 5) is 4.59. The largest absolute Gasteiger partial charge is 0.493 e. The van der Waals surface area contributed by atoms with Crippen LogP contribution in [0.3, 0.4) is 0 Å². The maximum absolute atomic E-state index is 10.0. The Kier molecular flexibility index (Phi) is 3.60. The Hall–Kier alpha value is -2.59. The number of ether oxygens (including phenoxy) is 2. The van der Waals surface area contributed by atoms with Crippen LogP contribution in [0.15, 0.2) is 54.6 Å². The molecule has 4 nitrogen and oxygen atoms in total. The van der Waals surface area contributed by atoms with Crippen LogP contribution in [-0.2, 0) is 6.61 Å². The molecular weight excluding hydrogens is 290 g/mol. The lowest BCUT2D eigenvalue weighted by Crippen LogP contribution is -2.13. The molecule has 0 radical (unpaired) electrons. The molecule has 1 aliphatic rings. The fourth-order valence-corrected chi connectivity index (χ4v) is 2.79. The summed E-state index contributed by atoms with van der Waals surface area (Å²) in [6, 6.07) is 17.6. The molecule has 1 atom stereocenters. The van der Waals surface area contributed by atoms with Gasteiger partial charge in [0.2, 0.25) is 0 Å². The minimum absolute atomic E-state index is 0.389. The highest BCUT2D eigenvalue weighted by molar-refractivity contribution is 5.78. The zero-order valence-electron chi connectivity index (χ0n) is 12.6. The third-order valence-corrected chi connectivity index (χ3v) is 4.03. The van der Waals surface area contributed by atoms with E-state index in [4.69, 9.17) is 9.47 Å². The van der Waals surface area contributed by atoms with Crippen molar-refractivity contribution < 1.29 is 14.6 Å². The smallest absolute Gasteiger partial charge is 0.130 e. The van der Waals surface area contributed by atoms with Gasteiger partial charge in [0, 0.05) is 17.4 Å². The molecule has 116 valence electrons. The van der Waals surface area contributed by atoms with Crippen LogP contribution in [0.1, 0.15) is 23.8 Å². The number of nitrogens with zero attached hydrogens (tertiary/aromatic N) is 1. The number of benzene rings is 2. The van der Waals surface area contributed by atoms with E-state index in [1.807, 2.05) is 54.6 Å². The van der Waals surface area contributed by atoms with Gasteiger partial charge in [-0.05, 0) is 30.3 Å². The van der Waals surface area contributed by atoms with Gasteiger partial charge in [0.05, 0.1) is 23.9 Å². The Morgan fingerprint density at radius 2 is 2.04 bits per heavy atom. The van der Waals surface area contributed by atoms with E-state index in [2.05, 4.69) is 4.98 Å². The molecule has 1 N–H and O–H groups in total. The maximum Gasteiger partial charge on any atom is 0.130 e. The third-order valence-electron chi connectivity index (χ3n) is 4.03. The van der Waals surface area contributed by atoms with Gasteiger partial charge in [-0.25, -0.2) is 4.98 Å². The summed E-state index contributed by atoms with van der Waals surface area (Å²) >= 11 is 0. The highest BCUT2D eigenvalue weighted by Crippen LogP contribution is 2.34. The first-order valence-corrected chi connectivity index (χ1v) is 7.72. The van der Waals surface area contributed by atoms with Gasteiger partial charge in [-0.3, -0.25) is 0 Å². The molecule has 0 spiro atoms. The maximum atomic E-state index is 10.0. The molecule has 0 aliphatic carbocycles. The summed E-state index contributed by atoms with van der Waals surface area (Å²) < 4.78 is 11.4. The van der Waals surface area contributed by atoms with Crippen LogP contribution in [0, 0.1) is 0 Å². The Balaban J connectivity index is 1.52. The van der Waals surface area contributed by atoms with Gasteiger partial charge in [0.25, 0.3) is 0 Å². The highest BCUT2D eigenvalue weighted by atomic mass is 16.5. The first-order chi connectivity index (χ1) is 11.3. The van der Waals surface area contributed by atoms with E-state index < -0.39 is 6.10 Å². The molecule has 3 aromatic rings. The van der Waals surface area contributed by atoms with Crippen molar-refractivity contribution >= 4 is 10.9 Å². The molecule has 1 unspecified atom stereocenters. The predicted octanol–water partition coefficient (Wildman–Crippen LogP) is 3.63. The first-order valence-electron chi connectivity index (χ1n) is 7.72. The number of aliphatic hydroxyl groups is 1. The number of fused-ring (bicyclic) bond motifs is 2. The molecule has 4 heteroatoms. The van der Waals surface area contributed by atoms with Crippen LogP contribution in [0.2, 0.25) is 0 Å². The molecule has 2 aromatic carbocycles. The van der Waals surface area contributed by atoms with E-state index in [1.165, 1.54) is 0 Å². The summed E-state index contributed by atoms with van der Waals surface area (Å²) in [5, 5.41) is 11.2. The SMILES string of the molecule is OC1CCOc2ccc(OCc3ccc4ccccc4n3)cc21. The number of para-hydroxylation sites is 1. The van der Waals surface area contributed by atoms with E-state index in [-0.39, 0.29) is 0 Å². The van der Waals surface area contributed by atoms with Crippen molar-refractivity contribution in [2.45, 2.75) is 19.1 Å². The van der Waals surface area contributed by atoms with Crippen molar-refractivity contribution in [1.29, 1.82) is 0 Å². The second-order valence-corrected chi connectivity index (χ2v) is 5.64. The molecule has 0 saturated heterocycles. The van der Waals surface area contributed by atoms with Crippen LogP contribution < -0.4 is 9.47 Å². The van der Waals surface area contributed by atoms with Gasteiger partial charge in [-0.1, -0.05) is 24.3 Å². The van der Waals surface area contributed by atoms with E-state index in [9.17, 15) is 5.11 Å². The Morgan fingerprint density at radius 1 is 1.13 bits per heavy atom. The number of hydrogen-bond acceptors (Lipinski definition) is 4. The molecule has 0 bridgehead atoms. The van der Waals surface area contributed by atoms with Crippen molar-refractivity contribution in [3.05, 3.63) is 65.9 Å². The molecule has 0 saturated carbocycles. The molecule has 2 heterocycles. The minimum Gasteiger partial charge on any atom is -0.493 e. The summed E-state index contributed by atoms with van der Waals surface area (Å²) in [6.45, 7) is 0.940. The third kappa shape index (κ3) is 2.85. The van der Waals surface area contributed by atoms with Crippen LogP contribution in [0.25, 0.3) is 10.9 Å². The Labute approximate surface area is 134 Å². The Bertz CT molecular complexity index is 847. The molecule has 1 aromatic heterocycles. The normalized spacial score (nSPS) is 16.7. The van der Waals surface area contributed by atoms with Crippen molar-refractivity contribution in [1.82, 2.24) is 4.98 Å². The highest BCUT2D eigenvalue weighted by Gasteiger charge is 2.19. The van der Waals surface area contributed by atoms with Crippen molar-refractivity contribution in [2.75, 3.05) is 6.61 Å². The summed E-state index contributed by atoms with van der Waals surface area (Å²) in [5.41, 5.74) is 2.63. The first kappa shape index (κ1) is 14.0. The molecular formula is C19H17NO3. The average Bonchev–Trinajstić information content (AvgIpc) is 2.60. The second kappa shape index (κ2) is 5.89. The number of hydrogen-bond donors (Lipinski definition) is 1. The molecule has 0 fully saturated rings. The van der Waals surface area contributed by atoms with E-state index in [1.54, 1.807) is 0 Å². The fourth-order valence-electron chi connectivity index (χ4n) is 2.79. The Morgan fingerprint density at radius 3 is 3.00 bits per heavy atom. The molecule has 4 rings (SSSR count). The number of rotatable bonds is 3. The van der Waals surface area contributed by atoms with E-state index >= 15 is 0 Å². The quantitative estimate of drug-likeness (QED) is 0.803. The number of pyridine rings is 1. The lowest BCUT2D eigenvalue weighted by atomic mass is 10.0. The lowest BCUT2D eigenvalue weighted by molar-refractivity contribution is 0.115. The summed E-state index contributed by atoms with van der Waals surface area (Å²) in [7, 11) is 0. The van der Waals surface area contributed by atoms with Crippen LogP contribution in [-0.4, -0.2) is 16.7 Å². The van der Waals surface area contributed by atoms with Crippen LogP contribution >= 0.6 is 0 Å². The summed E-state index contributed by atoms with van der Waals surface area (Å²) in [5.74, 6) is 1.45. The standard InChI is InChI=1S/C19H17NO3/c21-18-9-10-22-19-8-7-15(11-16(18)19)23-12-14-6-5-13-3-1-2-4-17(13)20-14/h1-8,11,18,21H,9-10,12H2. The van der Waals surface area contributed by atoms with Gasteiger partial charge in [0.15, 0.2) is 0 Å². The molecule has 23 heavy (non-hydrogen) atoms. The van der Waals surface area contributed by atoms with Gasteiger partial charge in [-0.2, -0.15) is 0 Å². The minimum atomic E-state index is -0.485. The monoisotopic (exact) mass is 307 g/mol. The van der Waals surface area contributed by atoms with Crippen molar-refractivity contribution in [2.24, 2.45) is 0 Å². The number of aliphatic hydroxyl groups excluding tert-OH is 1. The van der Waals surface area contributed by atoms with Crippen LogP contribution in [0.5, 0.6) is 11.5 Å². The average molecular weight is 307 g/mol. The van der Waals surface area contributed by atoms with Gasteiger partial charge < -0.3 is 14.6 Å². The molecule has 1 aliphatic heterocycles. The van der Waals surface area contributed by atoms with Gasteiger partial charge >= 0.3 is 0 Å². The van der Waals surface area contributed by atoms with E-state index in [0.717, 1.165) is 27.9 Å². The lowest BCUT2D eigenvalue weighted by Gasteiger charge is -2.22. The number of aromatic nitrogens is 1. The summed E-state index contributed by atoms with van der Waals surface area (Å²) in [6.07, 6.45) is 0.129. The van der Waals surface area contributed by atoms with Gasteiger partial charge in [0.1, 0.15) is 18.1 Å². The molecule has 0 amide bonds. The fraction of sp³-hybridized carbons (Fsp3) is 0.211. The second-order valence-electron chi connectivity index (χ2n) is 5.64. The van der Waals surface area contributed by atoms with Crippen molar-refractivity contribution in [3.63, 3.8) is 0 Å². The van der Waals surface area contributed by atoms with Crippen molar-refractivity contribution in [3.8, 4) is 11.5 Å². The zero-order valence-corrected chi connectivity index (χ0v) is 12.6. The van der Waals surface area contributed by atoms with E-state index in [0.29, 0.717) is 25.4 Å². The van der Waals surface area contributed by atoms with Gasteiger partial charge in [-0.15, -0.1) is 0 Å². The zero-order chi connectivity index (χ0) is 15.6. The van der Waals surface area contributed by atoms with Crippen LogP contribution in [0.4, 0.5) is 0 Å². The predicted molar refractivity (Wildman–Crippen MR) is 87.6 cm³/mol.